The van der Waals surface area contributed by atoms with E-state index in [2.05, 4.69) is 0 Å². The SMILES string of the molecule is COC(=O)c1c(C(=O)OC)c2c(C)cc(C)cn2c1C(=O)c1cc2cccc(OC)c2oc1=O. The molecule has 0 atom stereocenters. The second-order valence-electron chi connectivity index (χ2n) is 7.66. The van der Waals surface area contributed by atoms with Crippen LogP contribution in [0.5, 0.6) is 5.75 Å². The number of benzene rings is 1. The quantitative estimate of drug-likeness (QED) is 0.251. The molecule has 0 saturated carbocycles. The van der Waals surface area contributed by atoms with Crippen LogP contribution in [0.1, 0.15) is 47.9 Å². The summed E-state index contributed by atoms with van der Waals surface area (Å²) in [4.78, 5) is 52.3. The van der Waals surface area contributed by atoms with Gasteiger partial charge in [0, 0.05) is 11.6 Å². The molecule has 0 aliphatic rings. The maximum absolute atomic E-state index is 13.8. The lowest BCUT2D eigenvalue weighted by Gasteiger charge is -2.08. The van der Waals surface area contributed by atoms with Crippen LogP contribution in [0.2, 0.25) is 0 Å². The number of rotatable bonds is 5. The number of aryl methyl sites for hydroxylation is 2. The zero-order chi connectivity index (χ0) is 24.7. The molecule has 0 saturated heterocycles. The maximum atomic E-state index is 13.8. The number of para-hydroxylation sites is 1. The standard InChI is InChI=1S/C25H21NO8/c1-12-9-13(2)19-17(24(29)32-4)18(25(30)33-5)20(26(19)11-12)21(27)15-10-14-7-6-8-16(31-3)22(14)34-23(15)28/h6-11H,1-5H3. The summed E-state index contributed by atoms with van der Waals surface area (Å²) in [5, 5.41) is 0.448. The van der Waals surface area contributed by atoms with Crippen LogP contribution in [0.3, 0.4) is 0 Å². The second-order valence-corrected chi connectivity index (χ2v) is 7.66. The molecule has 0 fully saturated rings. The van der Waals surface area contributed by atoms with Gasteiger partial charge in [0.05, 0.1) is 26.8 Å². The van der Waals surface area contributed by atoms with Gasteiger partial charge in [-0.1, -0.05) is 18.2 Å². The summed E-state index contributed by atoms with van der Waals surface area (Å²) in [6.45, 7) is 3.54. The fraction of sp³-hybridized carbons (Fsp3) is 0.200. The predicted molar refractivity (Wildman–Crippen MR) is 122 cm³/mol. The molecule has 9 nitrogen and oxygen atoms in total. The van der Waals surface area contributed by atoms with Crippen molar-refractivity contribution in [2.75, 3.05) is 21.3 Å². The first kappa shape index (κ1) is 22.8. The molecule has 1 aromatic carbocycles. The van der Waals surface area contributed by atoms with Crippen molar-refractivity contribution in [1.82, 2.24) is 4.40 Å². The Labute approximate surface area is 193 Å². The molecular weight excluding hydrogens is 442 g/mol. The Hall–Kier alpha value is -4.40. The molecule has 4 rings (SSSR count). The summed E-state index contributed by atoms with van der Waals surface area (Å²) < 4.78 is 21.8. The molecule has 3 heterocycles. The Bertz CT molecular complexity index is 1560. The van der Waals surface area contributed by atoms with Gasteiger partial charge in [-0.3, -0.25) is 4.79 Å². The van der Waals surface area contributed by atoms with Crippen molar-refractivity contribution in [1.29, 1.82) is 0 Å². The third-order valence-electron chi connectivity index (χ3n) is 5.54. The molecule has 0 aliphatic heterocycles. The molecule has 9 heteroatoms. The van der Waals surface area contributed by atoms with Crippen LogP contribution < -0.4 is 10.4 Å². The molecule has 0 N–H and O–H groups in total. The minimum Gasteiger partial charge on any atom is -0.493 e. The van der Waals surface area contributed by atoms with Crippen LogP contribution >= 0.6 is 0 Å². The summed E-state index contributed by atoms with van der Waals surface area (Å²) in [6, 6.07) is 8.13. The third-order valence-corrected chi connectivity index (χ3v) is 5.54. The molecular formula is C25H21NO8. The Kier molecular flexibility index (Phi) is 5.70. The average Bonchev–Trinajstić information content (AvgIpc) is 3.17. The highest BCUT2D eigenvalue weighted by molar-refractivity contribution is 6.20. The average molecular weight is 463 g/mol. The number of hydrogen-bond acceptors (Lipinski definition) is 8. The highest BCUT2D eigenvalue weighted by Gasteiger charge is 2.35. The lowest BCUT2D eigenvalue weighted by atomic mass is 10.0. The van der Waals surface area contributed by atoms with Gasteiger partial charge in [0.15, 0.2) is 11.3 Å². The molecule has 174 valence electrons. The summed E-state index contributed by atoms with van der Waals surface area (Å²) in [7, 11) is 3.74. The summed E-state index contributed by atoms with van der Waals surface area (Å²) in [5.74, 6) is -2.22. The molecule has 0 amide bonds. The maximum Gasteiger partial charge on any atom is 0.347 e. The van der Waals surface area contributed by atoms with E-state index in [0.717, 1.165) is 12.7 Å². The fourth-order valence-electron chi connectivity index (χ4n) is 4.15. The van der Waals surface area contributed by atoms with E-state index >= 15 is 0 Å². The minimum absolute atomic E-state index is 0.123. The summed E-state index contributed by atoms with van der Waals surface area (Å²) >= 11 is 0. The van der Waals surface area contributed by atoms with E-state index in [9.17, 15) is 19.2 Å². The lowest BCUT2D eigenvalue weighted by Crippen LogP contribution is -2.20. The van der Waals surface area contributed by atoms with Crippen LogP contribution in [0.4, 0.5) is 0 Å². The van der Waals surface area contributed by atoms with Crippen LogP contribution in [-0.4, -0.2) is 43.5 Å². The van der Waals surface area contributed by atoms with Gasteiger partial charge in [0.25, 0.3) is 0 Å². The first-order valence-corrected chi connectivity index (χ1v) is 10.2. The van der Waals surface area contributed by atoms with E-state index in [1.165, 1.54) is 24.7 Å². The number of esters is 2. The highest BCUT2D eigenvalue weighted by atomic mass is 16.5. The van der Waals surface area contributed by atoms with Gasteiger partial charge >= 0.3 is 17.6 Å². The predicted octanol–water partition coefficient (Wildman–Crippen LogP) is 3.48. The smallest absolute Gasteiger partial charge is 0.347 e. The van der Waals surface area contributed by atoms with Crippen LogP contribution in [-0.2, 0) is 9.47 Å². The number of hydrogen-bond donors (Lipinski definition) is 0. The fourth-order valence-corrected chi connectivity index (χ4v) is 4.15. The van der Waals surface area contributed by atoms with E-state index in [-0.39, 0.29) is 28.0 Å². The number of fused-ring (bicyclic) bond motifs is 2. The number of ketones is 1. The highest BCUT2D eigenvalue weighted by Crippen LogP contribution is 2.31. The van der Waals surface area contributed by atoms with E-state index in [4.69, 9.17) is 18.6 Å². The zero-order valence-corrected chi connectivity index (χ0v) is 19.2. The van der Waals surface area contributed by atoms with Gasteiger partial charge in [-0.05, 0) is 37.1 Å². The monoisotopic (exact) mass is 463 g/mol. The summed E-state index contributed by atoms with van der Waals surface area (Å²) in [5.41, 5.74) is 0.00765. The van der Waals surface area contributed by atoms with Gasteiger partial charge in [-0.2, -0.15) is 0 Å². The number of nitrogens with zero attached hydrogens (tertiary/aromatic N) is 1. The van der Waals surface area contributed by atoms with Crippen molar-refractivity contribution >= 4 is 34.2 Å². The van der Waals surface area contributed by atoms with Crippen molar-refractivity contribution in [3.05, 3.63) is 80.5 Å². The first-order chi connectivity index (χ1) is 16.2. The molecule has 34 heavy (non-hydrogen) atoms. The number of pyridine rings is 1. The van der Waals surface area contributed by atoms with Gasteiger partial charge in [0.2, 0.25) is 5.78 Å². The number of carbonyl (C=O) groups is 3. The number of methoxy groups -OCH3 is 3. The van der Waals surface area contributed by atoms with Crippen LogP contribution in [0.15, 0.2) is 45.7 Å². The van der Waals surface area contributed by atoms with Crippen molar-refractivity contribution in [2.45, 2.75) is 13.8 Å². The molecule has 0 aliphatic carbocycles. The Morgan fingerprint density at radius 3 is 2.26 bits per heavy atom. The third kappa shape index (κ3) is 3.42. The minimum atomic E-state index is -0.920. The molecule has 3 aromatic heterocycles. The van der Waals surface area contributed by atoms with Crippen molar-refractivity contribution in [2.24, 2.45) is 0 Å². The lowest BCUT2D eigenvalue weighted by molar-refractivity contribution is 0.0556. The molecule has 0 unspecified atom stereocenters. The second kappa shape index (κ2) is 8.51. The van der Waals surface area contributed by atoms with E-state index in [1.54, 1.807) is 44.3 Å². The van der Waals surface area contributed by atoms with Gasteiger partial charge in [-0.15, -0.1) is 0 Å². The van der Waals surface area contributed by atoms with Gasteiger partial charge < -0.3 is 23.0 Å². The number of aromatic nitrogens is 1. The van der Waals surface area contributed by atoms with Crippen LogP contribution in [0, 0.1) is 13.8 Å². The van der Waals surface area contributed by atoms with E-state index in [0.29, 0.717) is 22.2 Å². The normalized spacial score (nSPS) is 11.0. The number of ether oxygens (including phenoxy) is 3. The van der Waals surface area contributed by atoms with Gasteiger partial charge in [-0.25, -0.2) is 14.4 Å². The Morgan fingerprint density at radius 2 is 1.62 bits per heavy atom. The largest absolute Gasteiger partial charge is 0.493 e. The van der Waals surface area contributed by atoms with E-state index < -0.39 is 23.3 Å². The van der Waals surface area contributed by atoms with Crippen molar-refractivity contribution in [3.8, 4) is 5.75 Å². The van der Waals surface area contributed by atoms with Crippen molar-refractivity contribution < 1.29 is 33.0 Å². The molecule has 0 bridgehead atoms. The van der Waals surface area contributed by atoms with Crippen molar-refractivity contribution in [3.63, 3.8) is 0 Å². The molecule has 0 spiro atoms. The topological polar surface area (TPSA) is 114 Å². The molecule has 0 radical (unpaired) electrons. The van der Waals surface area contributed by atoms with Crippen LogP contribution in [0.25, 0.3) is 16.5 Å². The van der Waals surface area contributed by atoms with E-state index in [1.807, 2.05) is 0 Å². The first-order valence-electron chi connectivity index (χ1n) is 10.2. The molecule has 4 aromatic rings. The zero-order valence-electron chi connectivity index (χ0n) is 19.2. The number of carbonyl (C=O) groups excluding carboxylic acids is 3. The summed E-state index contributed by atoms with van der Waals surface area (Å²) in [6.07, 6.45) is 1.60. The Balaban J connectivity index is 2.11. The van der Waals surface area contributed by atoms with Gasteiger partial charge in [0.1, 0.15) is 22.4 Å². The Morgan fingerprint density at radius 1 is 0.941 bits per heavy atom.